The van der Waals surface area contributed by atoms with E-state index in [1.54, 1.807) is 25.1 Å². The van der Waals surface area contributed by atoms with Gasteiger partial charge in [-0.15, -0.1) is 5.10 Å². The lowest BCUT2D eigenvalue weighted by Crippen LogP contribution is -2.21. The number of rotatable bonds is 6. The van der Waals surface area contributed by atoms with Crippen molar-refractivity contribution in [2.75, 3.05) is 5.32 Å². The first-order chi connectivity index (χ1) is 12.4. The number of carbonyl (C=O) groups is 1. The largest absolute Gasteiger partial charge is 0.292 e. The van der Waals surface area contributed by atoms with Crippen LogP contribution in [0, 0.1) is 12.7 Å². The van der Waals surface area contributed by atoms with Crippen LogP contribution in [0.15, 0.2) is 36.7 Å². The Bertz CT molecular complexity index is 920. The lowest BCUT2D eigenvalue weighted by Gasteiger charge is -2.04. The summed E-state index contributed by atoms with van der Waals surface area (Å²) in [6, 6.07) is 7.48. The lowest BCUT2D eigenvalue weighted by atomic mass is 10.2. The van der Waals surface area contributed by atoms with Crippen molar-refractivity contribution in [2.45, 2.75) is 26.4 Å². The van der Waals surface area contributed by atoms with Gasteiger partial charge in [0.25, 0.3) is 6.43 Å². The van der Waals surface area contributed by atoms with Crippen molar-refractivity contribution in [1.29, 1.82) is 0 Å². The van der Waals surface area contributed by atoms with Crippen molar-refractivity contribution in [3.05, 3.63) is 59.4 Å². The molecule has 0 fully saturated rings. The number of aromatic nitrogens is 5. The zero-order valence-electron chi connectivity index (χ0n) is 13.7. The van der Waals surface area contributed by atoms with Gasteiger partial charge in [0.2, 0.25) is 11.9 Å². The number of anilines is 1. The van der Waals surface area contributed by atoms with Crippen molar-refractivity contribution >= 4 is 11.9 Å². The minimum atomic E-state index is -2.70. The fraction of sp³-hybridized carbons (Fsp3) is 0.250. The first kappa shape index (κ1) is 17.6. The average Bonchev–Trinajstić information content (AvgIpc) is 3.17. The summed E-state index contributed by atoms with van der Waals surface area (Å²) in [4.78, 5) is 16.0. The van der Waals surface area contributed by atoms with Gasteiger partial charge in [-0.2, -0.15) is 5.10 Å². The Labute approximate surface area is 146 Å². The first-order valence-corrected chi connectivity index (χ1v) is 7.67. The topological polar surface area (TPSA) is 77.6 Å². The van der Waals surface area contributed by atoms with Gasteiger partial charge in [0, 0.05) is 11.3 Å². The Morgan fingerprint density at radius 1 is 1.27 bits per heavy atom. The molecular weight excluding hydrogens is 349 g/mol. The predicted molar refractivity (Wildman–Crippen MR) is 86.1 cm³/mol. The van der Waals surface area contributed by atoms with E-state index < -0.39 is 12.3 Å². The summed E-state index contributed by atoms with van der Waals surface area (Å²) >= 11 is 0. The van der Waals surface area contributed by atoms with Crippen LogP contribution in [0.4, 0.5) is 19.1 Å². The van der Waals surface area contributed by atoms with E-state index in [-0.39, 0.29) is 30.5 Å². The van der Waals surface area contributed by atoms with Crippen LogP contribution in [0.5, 0.6) is 0 Å². The quantitative estimate of drug-likeness (QED) is 0.729. The number of aryl methyl sites for hydroxylation is 1. The summed E-state index contributed by atoms with van der Waals surface area (Å²) in [5, 5.41) is 10.2. The number of amides is 1. The maximum atomic E-state index is 13.6. The Balaban J connectivity index is 1.62. The molecule has 3 rings (SSSR count). The molecule has 0 saturated carbocycles. The summed E-state index contributed by atoms with van der Waals surface area (Å²) in [5.41, 5.74) is 0.484. The third-order valence-corrected chi connectivity index (χ3v) is 3.59. The van der Waals surface area contributed by atoms with Gasteiger partial charge in [-0.3, -0.25) is 14.8 Å². The Morgan fingerprint density at radius 2 is 2.04 bits per heavy atom. The van der Waals surface area contributed by atoms with Gasteiger partial charge in [0.15, 0.2) is 0 Å². The first-order valence-electron chi connectivity index (χ1n) is 7.67. The highest BCUT2D eigenvalue weighted by atomic mass is 19.3. The lowest BCUT2D eigenvalue weighted by molar-refractivity contribution is -0.117. The molecule has 0 spiro atoms. The van der Waals surface area contributed by atoms with Crippen LogP contribution in [0.2, 0.25) is 0 Å². The third kappa shape index (κ3) is 4.08. The molecule has 1 aromatic carbocycles. The SMILES string of the molecule is Cc1cc(C(F)F)nn1CC(=O)Nc1ncn(Cc2ccccc2F)n1. The third-order valence-electron chi connectivity index (χ3n) is 3.59. The van der Waals surface area contributed by atoms with E-state index in [9.17, 15) is 18.0 Å². The highest BCUT2D eigenvalue weighted by molar-refractivity contribution is 5.88. The summed E-state index contributed by atoms with van der Waals surface area (Å²) in [6.07, 6.45) is -1.34. The normalized spacial score (nSPS) is 11.1. The van der Waals surface area contributed by atoms with E-state index in [1.165, 1.54) is 27.8 Å². The van der Waals surface area contributed by atoms with Crippen LogP contribution in [-0.4, -0.2) is 30.5 Å². The maximum Gasteiger partial charge on any atom is 0.282 e. The molecule has 3 aromatic rings. The molecule has 136 valence electrons. The van der Waals surface area contributed by atoms with Crippen LogP contribution in [0.25, 0.3) is 0 Å². The summed E-state index contributed by atoms with van der Waals surface area (Å²) in [7, 11) is 0. The Morgan fingerprint density at radius 3 is 2.73 bits per heavy atom. The monoisotopic (exact) mass is 364 g/mol. The van der Waals surface area contributed by atoms with Crippen LogP contribution >= 0.6 is 0 Å². The number of nitrogens with zero attached hydrogens (tertiary/aromatic N) is 5. The number of carbonyl (C=O) groups excluding carboxylic acids is 1. The highest BCUT2D eigenvalue weighted by Crippen LogP contribution is 2.17. The Hall–Kier alpha value is -3.17. The average molecular weight is 364 g/mol. The molecule has 0 atom stereocenters. The van der Waals surface area contributed by atoms with Gasteiger partial charge < -0.3 is 0 Å². The molecular formula is C16H15F3N6O. The molecule has 1 N–H and O–H groups in total. The second kappa shape index (κ2) is 7.38. The molecule has 0 aliphatic rings. The van der Waals surface area contributed by atoms with Crippen LogP contribution in [0.1, 0.15) is 23.4 Å². The molecule has 2 aromatic heterocycles. The highest BCUT2D eigenvalue weighted by Gasteiger charge is 2.16. The van der Waals surface area contributed by atoms with Crippen LogP contribution in [-0.2, 0) is 17.9 Å². The van der Waals surface area contributed by atoms with Crippen molar-refractivity contribution in [1.82, 2.24) is 24.5 Å². The Kier molecular flexibility index (Phi) is 5.01. The predicted octanol–water partition coefficient (Wildman–Crippen LogP) is 2.55. The molecule has 1 amide bonds. The number of benzene rings is 1. The fourth-order valence-electron chi connectivity index (χ4n) is 2.33. The standard InChI is InChI=1S/C16H15F3N6O/c1-10-6-13(15(18)19)22-25(10)8-14(26)21-16-20-9-24(23-16)7-11-4-2-3-5-12(11)17/h2-6,9,15H,7-8H2,1H3,(H,21,23,26). The zero-order chi connectivity index (χ0) is 18.7. The van der Waals surface area contributed by atoms with Crippen molar-refractivity contribution in [3.8, 4) is 0 Å². The second-order valence-electron chi connectivity index (χ2n) is 5.57. The van der Waals surface area contributed by atoms with Gasteiger partial charge >= 0.3 is 0 Å². The number of hydrogen-bond acceptors (Lipinski definition) is 4. The maximum absolute atomic E-state index is 13.6. The zero-order valence-corrected chi connectivity index (χ0v) is 13.7. The van der Waals surface area contributed by atoms with Crippen molar-refractivity contribution in [2.24, 2.45) is 0 Å². The number of halogens is 3. The summed E-state index contributed by atoms with van der Waals surface area (Å²) in [5.74, 6) is -0.844. The number of hydrogen-bond donors (Lipinski definition) is 1. The molecule has 26 heavy (non-hydrogen) atoms. The van der Waals surface area contributed by atoms with E-state index >= 15 is 0 Å². The molecule has 0 radical (unpaired) electrons. The van der Waals surface area contributed by atoms with Crippen molar-refractivity contribution in [3.63, 3.8) is 0 Å². The molecule has 0 aliphatic carbocycles. The van der Waals surface area contributed by atoms with Gasteiger partial charge in [-0.25, -0.2) is 22.8 Å². The fourth-order valence-corrected chi connectivity index (χ4v) is 2.33. The van der Waals surface area contributed by atoms with Gasteiger partial charge in [0.1, 0.15) is 24.4 Å². The van der Waals surface area contributed by atoms with Crippen molar-refractivity contribution < 1.29 is 18.0 Å². The van der Waals surface area contributed by atoms with Crippen LogP contribution in [0.3, 0.4) is 0 Å². The minimum absolute atomic E-state index is 0.0326. The molecule has 0 unspecified atom stereocenters. The second-order valence-corrected chi connectivity index (χ2v) is 5.57. The van der Waals surface area contributed by atoms with E-state index in [0.29, 0.717) is 11.3 Å². The smallest absolute Gasteiger partial charge is 0.282 e. The van der Waals surface area contributed by atoms with E-state index in [2.05, 4.69) is 20.5 Å². The molecule has 0 aliphatic heterocycles. The molecule has 0 saturated heterocycles. The minimum Gasteiger partial charge on any atom is -0.292 e. The summed E-state index contributed by atoms with van der Waals surface area (Å²) in [6.45, 7) is 1.49. The van der Waals surface area contributed by atoms with Gasteiger partial charge in [-0.1, -0.05) is 18.2 Å². The van der Waals surface area contributed by atoms with E-state index in [0.717, 1.165) is 0 Å². The molecule has 0 bridgehead atoms. The number of nitrogens with one attached hydrogen (secondary N) is 1. The molecule has 2 heterocycles. The van der Waals surface area contributed by atoms with Gasteiger partial charge in [-0.05, 0) is 19.1 Å². The van der Waals surface area contributed by atoms with E-state index in [1.807, 2.05) is 0 Å². The van der Waals surface area contributed by atoms with Crippen LogP contribution < -0.4 is 5.32 Å². The summed E-state index contributed by atoms with van der Waals surface area (Å²) < 4.78 is 41.4. The van der Waals surface area contributed by atoms with E-state index in [4.69, 9.17) is 0 Å². The molecule has 10 heteroatoms. The number of alkyl halides is 2. The van der Waals surface area contributed by atoms with Gasteiger partial charge in [0.05, 0.1) is 6.54 Å². The molecule has 7 nitrogen and oxygen atoms in total.